The third kappa shape index (κ3) is 6.01. The summed E-state index contributed by atoms with van der Waals surface area (Å²) in [5.41, 5.74) is 0.340. The highest BCUT2D eigenvalue weighted by molar-refractivity contribution is 7.89. The van der Waals surface area contributed by atoms with Gasteiger partial charge in [0.2, 0.25) is 10.0 Å². The minimum atomic E-state index is -4.33. The minimum Gasteiger partial charge on any atom is -0.451 e. The molecule has 2 aromatic carbocycles. The van der Waals surface area contributed by atoms with E-state index >= 15 is 0 Å². The van der Waals surface area contributed by atoms with Crippen LogP contribution in [0.2, 0.25) is 5.02 Å². The van der Waals surface area contributed by atoms with Gasteiger partial charge in [-0.1, -0.05) is 49.7 Å². The number of carbonyl (C=O) groups is 2. The molecule has 0 saturated carbocycles. The normalized spacial score (nSPS) is 13.5. The third-order valence-electron chi connectivity index (χ3n) is 4.12. The summed E-state index contributed by atoms with van der Waals surface area (Å²) in [7, 11) is -4.33. The first-order valence-corrected chi connectivity index (χ1v) is 10.9. The lowest BCUT2D eigenvalue weighted by Gasteiger charge is -2.23. The van der Waals surface area contributed by atoms with Crippen LogP contribution in [0.5, 0.6) is 0 Å². The maximum Gasteiger partial charge on any atom is 0.325 e. The molecule has 0 aliphatic heterocycles. The van der Waals surface area contributed by atoms with Gasteiger partial charge >= 0.3 is 5.97 Å². The number of halogens is 2. The number of hydrogen-bond acceptors (Lipinski definition) is 5. The van der Waals surface area contributed by atoms with Crippen LogP contribution in [0.3, 0.4) is 0 Å². The fraction of sp³-hybridized carbons (Fsp3) is 0.300. The molecule has 0 aromatic heterocycles. The van der Waals surface area contributed by atoms with E-state index in [1.54, 1.807) is 38.1 Å². The van der Waals surface area contributed by atoms with E-state index < -0.39 is 50.7 Å². The lowest BCUT2D eigenvalue weighted by Crippen LogP contribution is -2.47. The molecule has 2 aromatic rings. The summed E-state index contributed by atoms with van der Waals surface area (Å²) >= 11 is 5.98. The Morgan fingerprint density at radius 1 is 1.03 bits per heavy atom. The summed E-state index contributed by atoms with van der Waals surface area (Å²) in [6.45, 7) is 4.52. The molecule has 0 fully saturated rings. The van der Waals surface area contributed by atoms with Gasteiger partial charge < -0.3 is 10.1 Å². The fourth-order valence-electron chi connectivity index (χ4n) is 2.45. The number of anilines is 1. The van der Waals surface area contributed by atoms with Crippen LogP contribution in [-0.2, 0) is 24.3 Å². The van der Waals surface area contributed by atoms with E-state index in [4.69, 9.17) is 16.3 Å². The van der Waals surface area contributed by atoms with Crippen LogP contribution in [0.1, 0.15) is 20.8 Å². The van der Waals surface area contributed by atoms with E-state index in [1.165, 1.54) is 19.1 Å². The van der Waals surface area contributed by atoms with Crippen molar-refractivity contribution in [2.75, 3.05) is 5.32 Å². The van der Waals surface area contributed by atoms with Crippen molar-refractivity contribution in [2.24, 2.45) is 5.92 Å². The number of sulfonamides is 1. The van der Waals surface area contributed by atoms with Crippen LogP contribution in [0.15, 0.2) is 53.4 Å². The number of benzene rings is 2. The van der Waals surface area contributed by atoms with Gasteiger partial charge in [0.25, 0.3) is 5.91 Å². The number of hydrogen-bond donors (Lipinski definition) is 2. The van der Waals surface area contributed by atoms with Crippen LogP contribution in [0.25, 0.3) is 0 Å². The van der Waals surface area contributed by atoms with Crippen LogP contribution in [-0.4, -0.2) is 32.4 Å². The summed E-state index contributed by atoms with van der Waals surface area (Å²) in [5, 5.41) is 2.84. The van der Waals surface area contributed by atoms with Crippen molar-refractivity contribution in [1.29, 1.82) is 0 Å². The van der Waals surface area contributed by atoms with Gasteiger partial charge in [0.1, 0.15) is 16.8 Å². The minimum absolute atomic E-state index is 0.307. The predicted octanol–water partition coefficient (Wildman–Crippen LogP) is 3.35. The van der Waals surface area contributed by atoms with Gasteiger partial charge in [-0.05, 0) is 37.1 Å². The van der Waals surface area contributed by atoms with Crippen molar-refractivity contribution in [3.05, 3.63) is 59.4 Å². The number of rotatable bonds is 8. The summed E-state index contributed by atoms with van der Waals surface area (Å²) in [4.78, 5) is 24.3. The number of nitrogens with one attached hydrogen (secondary N) is 2. The van der Waals surface area contributed by atoms with Gasteiger partial charge in [0, 0.05) is 0 Å². The predicted molar refractivity (Wildman–Crippen MR) is 111 cm³/mol. The van der Waals surface area contributed by atoms with E-state index in [0.29, 0.717) is 10.7 Å². The Bertz CT molecular complexity index is 1030. The molecule has 1 amide bonds. The van der Waals surface area contributed by atoms with Crippen molar-refractivity contribution >= 4 is 39.2 Å². The Kier molecular flexibility index (Phi) is 7.94. The molecule has 162 valence electrons. The van der Waals surface area contributed by atoms with Crippen LogP contribution in [0, 0.1) is 11.7 Å². The molecule has 0 bridgehead atoms. The van der Waals surface area contributed by atoms with E-state index in [2.05, 4.69) is 10.0 Å². The van der Waals surface area contributed by atoms with Gasteiger partial charge in [-0.3, -0.25) is 9.59 Å². The first-order chi connectivity index (χ1) is 14.0. The van der Waals surface area contributed by atoms with Gasteiger partial charge in [-0.25, -0.2) is 12.8 Å². The number of para-hydroxylation sites is 1. The largest absolute Gasteiger partial charge is 0.451 e. The lowest BCUT2D eigenvalue weighted by molar-refractivity contribution is -0.155. The Hall–Kier alpha value is -2.49. The topological polar surface area (TPSA) is 102 Å². The standard InChI is InChI=1S/C20H22ClFN2O5S/c1-12(2)18(24-30(27,28)17-11-7-5-9-15(17)22)20(26)29-13(3)19(25)23-16-10-6-4-8-14(16)21/h4-13,18,24H,1-3H3,(H,23,25)/t13?,18-/m0/s1. The van der Waals surface area contributed by atoms with E-state index in [0.717, 1.165) is 12.1 Å². The zero-order chi connectivity index (χ0) is 22.5. The van der Waals surface area contributed by atoms with Gasteiger partial charge in [-0.2, -0.15) is 4.72 Å². The molecule has 0 aliphatic rings. The molecule has 2 rings (SSSR count). The third-order valence-corrected chi connectivity index (χ3v) is 5.93. The van der Waals surface area contributed by atoms with E-state index in [1.807, 2.05) is 0 Å². The lowest BCUT2D eigenvalue weighted by atomic mass is 10.1. The van der Waals surface area contributed by atoms with Crippen LogP contribution < -0.4 is 10.0 Å². The average molecular weight is 457 g/mol. The van der Waals surface area contributed by atoms with Crippen molar-refractivity contribution in [3.8, 4) is 0 Å². The maximum atomic E-state index is 13.9. The van der Waals surface area contributed by atoms with E-state index in [9.17, 15) is 22.4 Å². The Morgan fingerprint density at radius 2 is 1.63 bits per heavy atom. The molecule has 0 saturated heterocycles. The maximum absolute atomic E-state index is 13.9. The van der Waals surface area contributed by atoms with Crippen LogP contribution in [0.4, 0.5) is 10.1 Å². The summed E-state index contributed by atoms with van der Waals surface area (Å²) < 4.78 is 46.2. The Balaban J connectivity index is 2.11. The molecule has 2 atom stereocenters. The van der Waals surface area contributed by atoms with Gasteiger partial charge in [0.05, 0.1) is 10.7 Å². The Labute approximate surface area is 179 Å². The second kappa shape index (κ2) is 10.0. The second-order valence-corrected chi connectivity index (χ2v) is 8.91. The highest BCUT2D eigenvalue weighted by Gasteiger charge is 2.32. The zero-order valence-corrected chi connectivity index (χ0v) is 18.1. The molecule has 0 radical (unpaired) electrons. The molecule has 2 N–H and O–H groups in total. The molecule has 30 heavy (non-hydrogen) atoms. The van der Waals surface area contributed by atoms with Crippen LogP contribution >= 0.6 is 11.6 Å². The van der Waals surface area contributed by atoms with E-state index in [-0.39, 0.29) is 0 Å². The molecular weight excluding hydrogens is 435 g/mol. The van der Waals surface area contributed by atoms with Gasteiger partial charge in [0.15, 0.2) is 6.10 Å². The number of amides is 1. The average Bonchev–Trinajstić information content (AvgIpc) is 2.67. The molecule has 0 aliphatic carbocycles. The highest BCUT2D eigenvalue weighted by atomic mass is 35.5. The molecule has 0 spiro atoms. The highest BCUT2D eigenvalue weighted by Crippen LogP contribution is 2.21. The summed E-state index contributed by atoms with van der Waals surface area (Å²) in [5.74, 6) is -3.09. The monoisotopic (exact) mass is 456 g/mol. The summed E-state index contributed by atoms with van der Waals surface area (Å²) in [6.07, 6.45) is -1.23. The quantitative estimate of drug-likeness (QED) is 0.593. The second-order valence-electron chi connectivity index (χ2n) is 6.82. The number of esters is 1. The van der Waals surface area contributed by atoms with Crippen molar-refractivity contribution in [1.82, 2.24) is 4.72 Å². The SMILES string of the molecule is CC(OC(=O)[C@@H](NS(=O)(=O)c1ccccc1F)C(C)C)C(=O)Nc1ccccc1Cl. The van der Waals surface area contributed by atoms with Crippen molar-refractivity contribution < 1.29 is 27.1 Å². The zero-order valence-electron chi connectivity index (χ0n) is 16.6. The fourth-order valence-corrected chi connectivity index (χ4v) is 4.04. The first-order valence-electron chi connectivity index (χ1n) is 9.05. The molecule has 10 heteroatoms. The molecule has 7 nitrogen and oxygen atoms in total. The van der Waals surface area contributed by atoms with Crippen molar-refractivity contribution in [3.63, 3.8) is 0 Å². The molecule has 0 heterocycles. The summed E-state index contributed by atoms with van der Waals surface area (Å²) in [6, 6.07) is 9.99. The Morgan fingerprint density at radius 3 is 2.23 bits per heavy atom. The first kappa shape index (κ1) is 23.8. The smallest absolute Gasteiger partial charge is 0.325 e. The molecular formula is C20H22ClFN2O5S. The van der Waals surface area contributed by atoms with Crippen molar-refractivity contribution in [2.45, 2.75) is 37.8 Å². The van der Waals surface area contributed by atoms with Gasteiger partial charge in [-0.15, -0.1) is 0 Å². The number of ether oxygens (including phenoxy) is 1. The number of carbonyl (C=O) groups excluding carboxylic acids is 2. The molecule has 1 unspecified atom stereocenters.